The average Bonchev–Trinajstić information content (AvgIpc) is 3.24. The molecule has 0 spiro atoms. The van der Waals surface area contributed by atoms with Gasteiger partial charge >= 0.3 is 0 Å². The molecule has 2 heterocycles. The molecular formula is C24H21ClN2O3. The summed E-state index contributed by atoms with van der Waals surface area (Å²) in [5.41, 5.74) is 7.62. The number of hydrogen-bond acceptors (Lipinski definition) is 5. The molecule has 5 nitrogen and oxygen atoms in total. The van der Waals surface area contributed by atoms with Crippen LogP contribution in [-0.2, 0) is 0 Å². The monoisotopic (exact) mass is 420 g/mol. The Balaban J connectivity index is 1.59. The number of ether oxygens (including phenoxy) is 3. The zero-order valence-corrected chi connectivity index (χ0v) is 17.4. The predicted molar refractivity (Wildman–Crippen MR) is 117 cm³/mol. The van der Waals surface area contributed by atoms with Crippen molar-refractivity contribution in [2.45, 2.75) is 12.3 Å². The van der Waals surface area contributed by atoms with Gasteiger partial charge in [0.2, 0.25) is 0 Å². The highest BCUT2D eigenvalue weighted by molar-refractivity contribution is 6.30. The molecule has 0 radical (unpaired) electrons. The largest absolute Gasteiger partial charge is 0.497 e. The Morgan fingerprint density at radius 3 is 2.50 bits per heavy atom. The maximum Gasteiger partial charge on any atom is 0.196 e. The number of fused-ring (bicyclic) bond motifs is 3. The average molecular weight is 421 g/mol. The van der Waals surface area contributed by atoms with Crippen molar-refractivity contribution in [3.8, 4) is 17.2 Å². The predicted octanol–water partition coefficient (Wildman–Crippen LogP) is 5.35. The molecule has 0 saturated carbocycles. The Labute approximate surface area is 180 Å². The molecule has 3 aromatic rings. The van der Waals surface area contributed by atoms with E-state index in [2.05, 4.69) is 22.6 Å². The van der Waals surface area contributed by atoms with Crippen molar-refractivity contribution in [3.63, 3.8) is 0 Å². The zero-order chi connectivity index (χ0) is 20.7. The lowest BCUT2D eigenvalue weighted by molar-refractivity contribution is -0.0342. The number of nitrogens with zero attached hydrogens (tertiary/aromatic N) is 1. The van der Waals surface area contributed by atoms with Crippen molar-refractivity contribution < 1.29 is 14.2 Å². The molecule has 0 bridgehead atoms. The number of hydrogen-bond donors (Lipinski definition) is 1. The number of methoxy groups -OCH3 is 2. The van der Waals surface area contributed by atoms with Crippen LogP contribution >= 0.6 is 11.6 Å². The van der Waals surface area contributed by atoms with Crippen LogP contribution in [0.4, 0.5) is 0 Å². The van der Waals surface area contributed by atoms with Gasteiger partial charge in [0, 0.05) is 16.1 Å². The van der Waals surface area contributed by atoms with Crippen LogP contribution in [0.2, 0.25) is 5.02 Å². The van der Waals surface area contributed by atoms with Gasteiger partial charge in [0.15, 0.2) is 17.7 Å². The molecule has 2 aliphatic heterocycles. The van der Waals surface area contributed by atoms with E-state index in [1.807, 2.05) is 60.7 Å². The Bertz CT molecular complexity index is 1110. The van der Waals surface area contributed by atoms with Gasteiger partial charge in [-0.15, -0.1) is 0 Å². The first-order valence-electron chi connectivity index (χ1n) is 9.68. The van der Waals surface area contributed by atoms with Crippen LogP contribution in [0.5, 0.6) is 17.2 Å². The summed E-state index contributed by atoms with van der Waals surface area (Å²) >= 11 is 6.27. The van der Waals surface area contributed by atoms with Gasteiger partial charge in [-0.1, -0.05) is 35.9 Å². The molecule has 2 atom stereocenters. The number of hydrazine groups is 1. The van der Waals surface area contributed by atoms with Gasteiger partial charge in [-0.05, 0) is 54.1 Å². The summed E-state index contributed by atoms with van der Waals surface area (Å²) in [5, 5.41) is 2.77. The first kappa shape index (κ1) is 18.9. The van der Waals surface area contributed by atoms with E-state index in [-0.39, 0.29) is 12.3 Å². The fourth-order valence-electron chi connectivity index (χ4n) is 3.97. The molecule has 0 fully saturated rings. The molecule has 0 aromatic heterocycles. The molecule has 0 aliphatic carbocycles. The molecular weight excluding hydrogens is 400 g/mol. The van der Waals surface area contributed by atoms with Crippen LogP contribution in [0.25, 0.3) is 5.70 Å². The zero-order valence-electron chi connectivity index (χ0n) is 16.6. The molecule has 152 valence electrons. The quantitative estimate of drug-likeness (QED) is 0.616. The van der Waals surface area contributed by atoms with Crippen LogP contribution in [0.3, 0.4) is 0 Å². The number of halogens is 1. The maximum atomic E-state index is 6.46. The topological polar surface area (TPSA) is 43.0 Å². The smallest absolute Gasteiger partial charge is 0.196 e. The van der Waals surface area contributed by atoms with Gasteiger partial charge in [-0.25, -0.2) is 0 Å². The number of rotatable bonds is 4. The normalized spacial score (nSPS) is 19.8. The third kappa shape index (κ3) is 3.16. The molecule has 1 N–H and O–H groups in total. The second-order valence-corrected chi connectivity index (χ2v) is 7.61. The Kier molecular flexibility index (Phi) is 4.77. The lowest BCUT2D eigenvalue weighted by atomic mass is 10.00. The minimum Gasteiger partial charge on any atom is -0.497 e. The van der Waals surface area contributed by atoms with Crippen molar-refractivity contribution in [1.82, 2.24) is 10.4 Å². The van der Waals surface area contributed by atoms with E-state index in [0.29, 0.717) is 10.8 Å². The highest BCUT2D eigenvalue weighted by atomic mass is 35.5. The van der Waals surface area contributed by atoms with Crippen molar-refractivity contribution in [2.24, 2.45) is 0 Å². The number of nitrogens with one attached hydrogen (secondary N) is 1. The molecule has 2 aliphatic rings. The first-order valence-corrected chi connectivity index (χ1v) is 10.1. The van der Waals surface area contributed by atoms with Crippen molar-refractivity contribution >= 4 is 17.3 Å². The van der Waals surface area contributed by atoms with Gasteiger partial charge in [-0.3, -0.25) is 0 Å². The third-order valence-electron chi connectivity index (χ3n) is 5.44. The van der Waals surface area contributed by atoms with E-state index in [1.165, 1.54) is 0 Å². The van der Waals surface area contributed by atoms with Crippen LogP contribution in [0.15, 0.2) is 72.8 Å². The third-order valence-corrected chi connectivity index (χ3v) is 5.67. The van der Waals surface area contributed by atoms with Crippen LogP contribution < -0.4 is 19.6 Å². The Morgan fingerprint density at radius 2 is 1.77 bits per heavy atom. The molecule has 5 rings (SSSR count). The van der Waals surface area contributed by atoms with Crippen LogP contribution in [-0.4, -0.2) is 19.2 Å². The standard InChI is InChI=1S/C24H21ClN2O3/c1-28-18-11-9-15(10-12-18)20-14-21-19-7-4-8-22(29-2)23(19)30-24(27(21)26-20)16-5-3-6-17(25)13-16/h3-14,21,24,26H,1-2H3. The first-order chi connectivity index (χ1) is 14.7. The van der Waals surface area contributed by atoms with E-state index in [4.69, 9.17) is 25.8 Å². The summed E-state index contributed by atoms with van der Waals surface area (Å²) in [6.45, 7) is 0. The molecule has 2 unspecified atom stereocenters. The lowest BCUT2D eigenvalue weighted by Gasteiger charge is -2.39. The van der Waals surface area contributed by atoms with Crippen LogP contribution in [0, 0.1) is 0 Å². The molecule has 3 aromatic carbocycles. The van der Waals surface area contributed by atoms with Gasteiger partial charge in [0.1, 0.15) is 5.75 Å². The second-order valence-electron chi connectivity index (χ2n) is 7.18. The summed E-state index contributed by atoms with van der Waals surface area (Å²) in [6, 6.07) is 21.7. The van der Waals surface area contributed by atoms with E-state index in [9.17, 15) is 0 Å². The maximum absolute atomic E-state index is 6.46. The summed E-state index contributed by atoms with van der Waals surface area (Å²) in [6.07, 6.45) is 1.84. The Hall–Kier alpha value is -3.15. The fraction of sp³-hybridized carbons (Fsp3) is 0.167. The van der Waals surface area contributed by atoms with Crippen molar-refractivity contribution in [1.29, 1.82) is 0 Å². The van der Waals surface area contributed by atoms with E-state index in [0.717, 1.165) is 33.9 Å². The molecule has 0 amide bonds. The summed E-state index contributed by atoms with van der Waals surface area (Å²) in [4.78, 5) is 0. The number of para-hydroxylation sites is 1. The van der Waals surface area contributed by atoms with Gasteiger partial charge in [0.05, 0.1) is 26.0 Å². The van der Waals surface area contributed by atoms with Gasteiger partial charge < -0.3 is 19.6 Å². The van der Waals surface area contributed by atoms with Crippen LogP contribution in [0.1, 0.15) is 29.0 Å². The van der Waals surface area contributed by atoms with E-state index in [1.54, 1.807) is 14.2 Å². The fourth-order valence-corrected chi connectivity index (χ4v) is 4.17. The SMILES string of the molecule is COc1ccc(C2=CC3c4cccc(OC)c4OC(c4cccc(Cl)c4)N3N2)cc1. The minimum atomic E-state index is -0.371. The van der Waals surface area contributed by atoms with Crippen molar-refractivity contribution in [2.75, 3.05) is 14.2 Å². The summed E-state index contributed by atoms with van der Waals surface area (Å²) in [7, 11) is 3.32. The summed E-state index contributed by atoms with van der Waals surface area (Å²) < 4.78 is 17.3. The highest BCUT2D eigenvalue weighted by Crippen LogP contribution is 2.49. The van der Waals surface area contributed by atoms with Gasteiger partial charge in [-0.2, -0.15) is 5.01 Å². The molecule has 30 heavy (non-hydrogen) atoms. The van der Waals surface area contributed by atoms with Crippen molar-refractivity contribution in [3.05, 3.63) is 94.5 Å². The Morgan fingerprint density at radius 1 is 0.967 bits per heavy atom. The van der Waals surface area contributed by atoms with E-state index >= 15 is 0 Å². The second kappa shape index (κ2) is 7.59. The minimum absolute atomic E-state index is 0.0232. The van der Waals surface area contributed by atoms with E-state index < -0.39 is 0 Å². The van der Waals surface area contributed by atoms with Gasteiger partial charge in [0.25, 0.3) is 0 Å². The lowest BCUT2D eigenvalue weighted by Crippen LogP contribution is -2.43. The molecule has 6 heteroatoms. The molecule has 0 saturated heterocycles. The summed E-state index contributed by atoms with van der Waals surface area (Å²) in [5.74, 6) is 2.29. The highest BCUT2D eigenvalue weighted by Gasteiger charge is 2.41. The number of benzene rings is 3.